The van der Waals surface area contributed by atoms with Gasteiger partial charge in [-0.15, -0.1) is 0 Å². The van der Waals surface area contributed by atoms with Crippen molar-refractivity contribution in [2.75, 3.05) is 0 Å². The molecule has 1 rings (SSSR count). The summed E-state index contributed by atoms with van der Waals surface area (Å²) >= 11 is 0. The van der Waals surface area contributed by atoms with Gasteiger partial charge in [-0.3, -0.25) is 0 Å². The van der Waals surface area contributed by atoms with Crippen LogP contribution in [0, 0.1) is 39.9 Å². The van der Waals surface area contributed by atoms with Crippen LogP contribution in [0.2, 0.25) is 0 Å². The predicted molar refractivity (Wildman–Crippen MR) is 55.6 cm³/mol. The normalized spacial score (nSPS) is 6.29. The van der Waals surface area contributed by atoms with E-state index in [-0.39, 0.29) is 34.1 Å². The number of rotatable bonds is 0. The second-order valence-electron chi connectivity index (χ2n) is 1.48. The summed E-state index contributed by atoms with van der Waals surface area (Å²) in [5.74, 6) is 0. The van der Waals surface area contributed by atoms with Crippen LogP contribution in [0.3, 0.4) is 0 Å². The summed E-state index contributed by atoms with van der Waals surface area (Å²) in [7, 11) is 0. The SMILES string of the molecule is C1=CC=CCC=C1.[C-]#[O+].[C-]#[O+].[C-]#[O+].[C-]#[O+].[C-]#[O+].[C-]#[O+].[Fe].[Fe]. The molecule has 0 aromatic carbocycles. The van der Waals surface area contributed by atoms with Gasteiger partial charge >= 0.3 is 67.8 Å². The van der Waals surface area contributed by atoms with E-state index in [1.165, 1.54) is 0 Å². The minimum Gasteiger partial charge on any atom is 0 e. The molecule has 1 aliphatic carbocycles. The van der Waals surface area contributed by atoms with Crippen molar-refractivity contribution < 1.29 is 62.1 Å². The molecular weight excluding hydrogens is 364 g/mol. The van der Waals surface area contributed by atoms with Crippen LogP contribution < -0.4 is 0 Å². The van der Waals surface area contributed by atoms with Crippen LogP contribution in [0.4, 0.5) is 0 Å². The van der Waals surface area contributed by atoms with E-state index in [1.54, 1.807) is 0 Å². The number of allylic oxidation sites excluding steroid dienone is 6. The third-order valence-electron chi connectivity index (χ3n) is 0.878. The summed E-state index contributed by atoms with van der Waals surface area (Å²) in [4.78, 5) is 0. The Bertz CT molecular complexity index is 272. The maximum atomic E-state index is 7.50. The summed E-state index contributed by atoms with van der Waals surface area (Å²) in [6.07, 6.45) is 13.5. The zero-order valence-electron chi connectivity index (χ0n) is 10.3. The minimum atomic E-state index is 0. The first-order valence-electron chi connectivity index (χ1n) is 3.71. The summed E-state index contributed by atoms with van der Waals surface area (Å²) in [5.41, 5.74) is 0. The first kappa shape index (κ1) is 50.3. The van der Waals surface area contributed by atoms with Gasteiger partial charge in [0.2, 0.25) is 0 Å². The number of hydrogen-bond donors (Lipinski definition) is 0. The van der Waals surface area contributed by atoms with E-state index in [0.29, 0.717) is 0 Å². The van der Waals surface area contributed by atoms with Gasteiger partial charge in [0, 0.05) is 34.1 Å². The van der Waals surface area contributed by atoms with Gasteiger partial charge in [-0.05, 0) is 6.42 Å². The van der Waals surface area contributed by atoms with Crippen LogP contribution in [0.1, 0.15) is 6.42 Å². The number of hydrogen-bond acceptors (Lipinski definition) is 0. The molecule has 0 atom stereocenters. The monoisotopic (exact) mass is 372 g/mol. The maximum absolute atomic E-state index is 7.50. The Balaban J connectivity index is -0.0000000177. The van der Waals surface area contributed by atoms with Crippen molar-refractivity contribution >= 4 is 0 Å². The van der Waals surface area contributed by atoms with Crippen molar-refractivity contribution in [1.82, 2.24) is 0 Å². The van der Waals surface area contributed by atoms with Gasteiger partial charge in [0.25, 0.3) is 0 Å². The molecule has 8 heteroatoms. The van der Waals surface area contributed by atoms with Gasteiger partial charge in [-0.2, -0.15) is 0 Å². The summed E-state index contributed by atoms with van der Waals surface area (Å²) in [5, 5.41) is 0. The second kappa shape index (κ2) is 180. The molecule has 0 N–H and O–H groups in total. The van der Waals surface area contributed by atoms with Crippen molar-refractivity contribution in [1.29, 1.82) is 0 Å². The van der Waals surface area contributed by atoms with Crippen molar-refractivity contribution in [2.24, 2.45) is 0 Å². The minimum absolute atomic E-state index is 0. The van der Waals surface area contributed by atoms with Crippen molar-refractivity contribution in [3.63, 3.8) is 0 Å². The Hall–Kier alpha value is -1.30. The molecule has 0 spiro atoms. The van der Waals surface area contributed by atoms with Gasteiger partial charge in [0.1, 0.15) is 0 Å². The molecule has 1 aliphatic rings. The van der Waals surface area contributed by atoms with Gasteiger partial charge < -0.3 is 0 Å². The van der Waals surface area contributed by atoms with Crippen LogP contribution in [0.25, 0.3) is 0 Å². The fraction of sp³-hybridized carbons (Fsp3) is 0.0769. The first-order valence-corrected chi connectivity index (χ1v) is 3.71. The Kier molecular flexibility index (Phi) is 432. The fourth-order valence-corrected chi connectivity index (χ4v) is 0.521. The third-order valence-corrected chi connectivity index (χ3v) is 0.878. The Labute approximate surface area is 145 Å². The molecule has 0 aromatic heterocycles. The maximum Gasteiger partial charge on any atom is 0 e. The molecule has 0 heterocycles. The van der Waals surface area contributed by atoms with E-state index >= 15 is 0 Å². The van der Waals surface area contributed by atoms with Gasteiger partial charge in [0.05, 0.1) is 0 Å². The molecule has 0 amide bonds. The first-order chi connectivity index (χ1) is 9.50. The second-order valence-corrected chi connectivity index (χ2v) is 1.48. The molecule has 0 bridgehead atoms. The summed E-state index contributed by atoms with van der Waals surface area (Å²) in [6.45, 7) is 27.0. The Morgan fingerprint density at radius 1 is 0.429 bits per heavy atom. The van der Waals surface area contributed by atoms with E-state index in [1.807, 2.05) is 12.2 Å². The third kappa shape index (κ3) is 161. The molecule has 21 heavy (non-hydrogen) atoms. The predicted octanol–water partition coefficient (Wildman–Crippen LogP) is 1.83. The van der Waals surface area contributed by atoms with Crippen LogP contribution in [-0.4, -0.2) is 0 Å². The van der Waals surface area contributed by atoms with Gasteiger partial charge in [-0.25, -0.2) is 0 Å². The average Bonchev–Trinajstić information content (AvgIpc) is 2.91. The standard InChI is InChI=1S/C7H8.6CO.2Fe/c1-2-4-6-7-5-3-1;6*1-2;;/h1-6H,7H2;;;;;;;;. The van der Waals surface area contributed by atoms with Gasteiger partial charge in [-0.1, -0.05) is 36.5 Å². The van der Waals surface area contributed by atoms with Crippen LogP contribution in [0.5, 0.6) is 0 Å². The van der Waals surface area contributed by atoms with E-state index in [4.69, 9.17) is 27.9 Å². The molecule has 6 nitrogen and oxygen atoms in total. The van der Waals surface area contributed by atoms with Crippen LogP contribution in [-0.2, 0) is 62.1 Å². The Morgan fingerprint density at radius 3 is 0.810 bits per heavy atom. The van der Waals surface area contributed by atoms with E-state index < -0.39 is 0 Å². The molecule has 112 valence electrons. The molecule has 0 fully saturated rings. The van der Waals surface area contributed by atoms with Crippen molar-refractivity contribution in [2.45, 2.75) is 6.42 Å². The van der Waals surface area contributed by atoms with Crippen LogP contribution in [0.15, 0.2) is 36.5 Å². The molecule has 0 saturated carbocycles. The fourth-order valence-electron chi connectivity index (χ4n) is 0.521. The topological polar surface area (TPSA) is 119 Å². The molecule has 0 unspecified atom stereocenters. The molecule has 0 aromatic rings. The van der Waals surface area contributed by atoms with Crippen molar-refractivity contribution in [3.8, 4) is 0 Å². The zero-order chi connectivity index (χ0) is 16.9. The molecule has 0 aliphatic heterocycles. The smallest absolute Gasteiger partial charge is 0 e. The van der Waals surface area contributed by atoms with Gasteiger partial charge in [0.15, 0.2) is 0 Å². The van der Waals surface area contributed by atoms with Crippen LogP contribution >= 0.6 is 0 Å². The van der Waals surface area contributed by atoms with E-state index in [9.17, 15) is 0 Å². The van der Waals surface area contributed by atoms with E-state index in [2.05, 4.69) is 64.2 Å². The molecule has 0 saturated heterocycles. The molecular formula is C13H8Fe2O6. The summed E-state index contributed by atoms with van der Waals surface area (Å²) in [6, 6.07) is 0. The average molecular weight is 372 g/mol. The van der Waals surface area contributed by atoms with Crippen molar-refractivity contribution in [3.05, 3.63) is 76.4 Å². The Morgan fingerprint density at radius 2 is 0.619 bits per heavy atom. The quantitative estimate of drug-likeness (QED) is 0.350. The summed E-state index contributed by atoms with van der Waals surface area (Å²) < 4.78 is 45.0. The van der Waals surface area contributed by atoms with E-state index in [0.717, 1.165) is 6.42 Å². The largest absolute Gasteiger partial charge is 0 e. The molecule has 0 radical (unpaired) electrons. The zero-order valence-corrected chi connectivity index (χ0v) is 12.5.